The van der Waals surface area contributed by atoms with Gasteiger partial charge in [-0.15, -0.1) is 0 Å². The van der Waals surface area contributed by atoms with Crippen molar-refractivity contribution in [2.45, 2.75) is 32.2 Å². The predicted octanol–water partition coefficient (Wildman–Crippen LogP) is -0.249. The van der Waals surface area contributed by atoms with Crippen molar-refractivity contribution in [2.75, 3.05) is 11.5 Å². The van der Waals surface area contributed by atoms with E-state index in [4.69, 9.17) is 16.6 Å². The maximum Gasteiger partial charge on any atom is 0.238 e. The molecule has 1 aromatic rings. The Hall–Kier alpha value is -1.80. The van der Waals surface area contributed by atoms with Gasteiger partial charge in [0.1, 0.15) is 0 Å². The molecule has 0 saturated carbocycles. The summed E-state index contributed by atoms with van der Waals surface area (Å²) in [5, 5.41) is 7.74. The zero-order valence-corrected chi connectivity index (χ0v) is 11.9. The Bertz CT molecular complexity index is 609. The van der Waals surface area contributed by atoms with E-state index < -0.39 is 10.0 Å². The normalized spacial score (nSPS) is 11.4. The Morgan fingerprint density at radius 2 is 1.58 bits per heavy atom. The molecule has 0 saturated heterocycles. The highest BCUT2D eigenvalue weighted by Crippen LogP contribution is 2.33. The Labute approximate surface area is 112 Å². The molecular weight excluding hydrogens is 268 g/mol. The summed E-state index contributed by atoms with van der Waals surface area (Å²) in [5.74, 6) is -0.232. The van der Waals surface area contributed by atoms with Crippen molar-refractivity contribution in [1.29, 1.82) is 0 Å². The van der Waals surface area contributed by atoms with Crippen molar-refractivity contribution in [3.05, 3.63) is 16.7 Å². The number of nitrogens with one attached hydrogen (secondary N) is 1. The van der Waals surface area contributed by atoms with Crippen LogP contribution in [-0.4, -0.2) is 14.3 Å². The quantitative estimate of drug-likeness (QED) is 0.567. The highest BCUT2D eigenvalue weighted by Gasteiger charge is 2.22. The molecule has 0 aliphatic heterocycles. The number of nitrogen functional groups attached to an aromatic ring is 2. The molecule has 0 aliphatic carbocycles. The molecule has 7 nitrogen and oxygen atoms in total. The summed E-state index contributed by atoms with van der Waals surface area (Å²) in [6.45, 7) is 4.61. The molecule has 0 spiro atoms. The van der Waals surface area contributed by atoms with Crippen LogP contribution < -0.4 is 21.9 Å². The van der Waals surface area contributed by atoms with E-state index in [0.717, 1.165) is 0 Å². The van der Waals surface area contributed by atoms with Crippen molar-refractivity contribution < 1.29 is 13.2 Å². The van der Waals surface area contributed by atoms with Gasteiger partial charge in [-0.05, 0) is 25.0 Å². The number of amides is 1. The van der Waals surface area contributed by atoms with Gasteiger partial charge in [0.15, 0.2) is 0 Å². The lowest BCUT2D eigenvalue weighted by molar-refractivity contribution is -0.119. The topological polar surface area (TPSA) is 141 Å². The third-order valence-electron chi connectivity index (χ3n) is 2.94. The van der Waals surface area contributed by atoms with Crippen LogP contribution >= 0.6 is 0 Å². The maximum atomic E-state index is 11.6. The zero-order chi connectivity index (χ0) is 15.0. The molecule has 0 fully saturated rings. The van der Waals surface area contributed by atoms with Gasteiger partial charge < -0.3 is 16.8 Å². The number of rotatable bonds is 3. The van der Waals surface area contributed by atoms with Gasteiger partial charge in [-0.25, -0.2) is 13.6 Å². The monoisotopic (exact) mass is 286 g/mol. The number of benzene rings is 1. The molecular formula is C11H18N4O3S. The number of sulfonamides is 1. The first-order chi connectivity index (χ1) is 8.57. The summed E-state index contributed by atoms with van der Waals surface area (Å²) in [7, 11) is -3.90. The van der Waals surface area contributed by atoms with E-state index >= 15 is 0 Å². The summed E-state index contributed by atoms with van der Waals surface area (Å²) in [4.78, 5) is 10.9. The molecule has 0 aromatic heterocycles. The van der Waals surface area contributed by atoms with E-state index in [1.165, 1.54) is 6.92 Å². The molecule has 0 bridgehead atoms. The SMILES string of the molecule is CC(=O)NCc1c(N)c(C)c(S(N)(=O)=O)c(C)c1N. The Morgan fingerprint density at radius 3 is 1.89 bits per heavy atom. The summed E-state index contributed by atoms with van der Waals surface area (Å²) >= 11 is 0. The molecule has 8 heteroatoms. The molecule has 7 N–H and O–H groups in total. The van der Waals surface area contributed by atoms with E-state index in [0.29, 0.717) is 16.7 Å². The average Bonchev–Trinajstić information content (AvgIpc) is 2.24. The Kier molecular flexibility index (Phi) is 4.06. The van der Waals surface area contributed by atoms with Crippen LogP contribution in [0.3, 0.4) is 0 Å². The lowest BCUT2D eigenvalue weighted by Crippen LogP contribution is -2.23. The van der Waals surface area contributed by atoms with E-state index in [1.54, 1.807) is 13.8 Å². The average molecular weight is 286 g/mol. The fourth-order valence-corrected chi connectivity index (χ4v) is 3.03. The first kappa shape index (κ1) is 15.3. The number of primary sulfonamides is 1. The second-order valence-corrected chi connectivity index (χ2v) is 5.84. The number of anilines is 2. The summed E-state index contributed by atoms with van der Waals surface area (Å²) < 4.78 is 23.1. The summed E-state index contributed by atoms with van der Waals surface area (Å²) in [5.41, 5.74) is 13.4. The van der Waals surface area contributed by atoms with Crippen LogP contribution in [-0.2, 0) is 21.4 Å². The number of hydrogen-bond donors (Lipinski definition) is 4. The van der Waals surface area contributed by atoms with Gasteiger partial charge in [-0.1, -0.05) is 0 Å². The van der Waals surface area contributed by atoms with Crippen molar-refractivity contribution in [3.63, 3.8) is 0 Å². The third kappa shape index (κ3) is 2.96. The molecule has 1 aromatic carbocycles. The molecule has 0 aliphatic rings. The van der Waals surface area contributed by atoms with Gasteiger partial charge >= 0.3 is 0 Å². The van der Waals surface area contributed by atoms with E-state index in [2.05, 4.69) is 5.32 Å². The van der Waals surface area contributed by atoms with Crippen LogP contribution in [0.4, 0.5) is 11.4 Å². The van der Waals surface area contributed by atoms with Gasteiger partial charge in [0.05, 0.1) is 4.90 Å². The second kappa shape index (κ2) is 5.06. The van der Waals surface area contributed by atoms with Gasteiger partial charge in [-0.2, -0.15) is 0 Å². The first-order valence-corrected chi connectivity index (χ1v) is 7.06. The van der Waals surface area contributed by atoms with Crippen molar-refractivity contribution in [3.8, 4) is 0 Å². The van der Waals surface area contributed by atoms with E-state index in [9.17, 15) is 13.2 Å². The molecule has 0 unspecified atom stereocenters. The number of nitrogens with two attached hydrogens (primary N) is 3. The Morgan fingerprint density at radius 1 is 1.16 bits per heavy atom. The summed E-state index contributed by atoms with van der Waals surface area (Å²) in [6, 6.07) is 0. The molecule has 0 heterocycles. The van der Waals surface area contributed by atoms with Gasteiger partial charge in [0, 0.05) is 30.4 Å². The number of carbonyl (C=O) groups excluding carboxylic acids is 1. The standard InChI is InChI=1S/C11H18N4O3S/c1-5-9(12)8(4-15-7(3)16)10(13)6(2)11(5)19(14,17)18/h4,12-13H2,1-3H3,(H,15,16)(H2,14,17,18). The lowest BCUT2D eigenvalue weighted by atomic mass is 10.0. The summed E-state index contributed by atoms with van der Waals surface area (Å²) in [6.07, 6.45) is 0. The largest absolute Gasteiger partial charge is 0.398 e. The maximum absolute atomic E-state index is 11.6. The minimum absolute atomic E-state index is 0.0610. The molecule has 1 amide bonds. The van der Waals surface area contributed by atoms with Crippen molar-refractivity contribution >= 4 is 27.3 Å². The van der Waals surface area contributed by atoms with Crippen LogP contribution in [0.2, 0.25) is 0 Å². The number of carbonyl (C=O) groups is 1. The zero-order valence-electron chi connectivity index (χ0n) is 11.1. The molecule has 0 radical (unpaired) electrons. The van der Waals surface area contributed by atoms with Crippen molar-refractivity contribution in [2.24, 2.45) is 5.14 Å². The molecule has 106 valence electrons. The lowest BCUT2D eigenvalue weighted by Gasteiger charge is -2.18. The molecule has 19 heavy (non-hydrogen) atoms. The molecule has 1 rings (SSSR count). The predicted molar refractivity (Wildman–Crippen MR) is 73.6 cm³/mol. The van der Waals surface area contributed by atoms with E-state index in [-0.39, 0.29) is 28.7 Å². The highest BCUT2D eigenvalue weighted by atomic mass is 32.2. The van der Waals surface area contributed by atoms with Gasteiger partial charge in [0.2, 0.25) is 15.9 Å². The first-order valence-electron chi connectivity index (χ1n) is 5.51. The molecule has 0 atom stereocenters. The fourth-order valence-electron chi connectivity index (χ4n) is 1.95. The van der Waals surface area contributed by atoms with Crippen LogP contribution in [0, 0.1) is 13.8 Å². The van der Waals surface area contributed by atoms with Crippen LogP contribution in [0.15, 0.2) is 4.90 Å². The Balaban J connectivity index is 3.52. The van der Waals surface area contributed by atoms with Gasteiger partial charge in [0.25, 0.3) is 0 Å². The fraction of sp³-hybridized carbons (Fsp3) is 0.364. The van der Waals surface area contributed by atoms with Crippen LogP contribution in [0.25, 0.3) is 0 Å². The van der Waals surface area contributed by atoms with Gasteiger partial charge in [-0.3, -0.25) is 4.79 Å². The minimum atomic E-state index is -3.90. The minimum Gasteiger partial charge on any atom is -0.398 e. The van der Waals surface area contributed by atoms with Crippen LogP contribution in [0.1, 0.15) is 23.6 Å². The second-order valence-electron chi connectivity index (χ2n) is 4.34. The van der Waals surface area contributed by atoms with Crippen molar-refractivity contribution in [1.82, 2.24) is 5.32 Å². The van der Waals surface area contributed by atoms with Crippen LogP contribution in [0.5, 0.6) is 0 Å². The highest BCUT2D eigenvalue weighted by molar-refractivity contribution is 7.89. The number of hydrogen-bond acceptors (Lipinski definition) is 5. The smallest absolute Gasteiger partial charge is 0.238 e. The third-order valence-corrected chi connectivity index (χ3v) is 4.12. The van der Waals surface area contributed by atoms with E-state index in [1.807, 2.05) is 0 Å².